The second-order valence-corrected chi connectivity index (χ2v) is 3.96. The number of carbonyl (C=O) groups is 1. The van der Waals surface area contributed by atoms with Gasteiger partial charge in [-0.3, -0.25) is 4.79 Å². The Labute approximate surface area is 110 Å². The third kappa shape index (κ3) is 3.46. The molecule has 1 heterocycles. The van der Waals surface area contributed by atoms with Crippen molar-refractivity contribution in [3.63, 3.8) is 0 Å². The highest BCUT2D eigenvalue weighted by molar-refractivity contribution is 6.34. The smallest absolute Gasteiger partial charge is 0.396 e. The molecule has 0 radical (unpaired) electrons. The van der Waals surface area contributed by atoms with Gasteiger partial charge in [0.05, 0.1) is 19.4 Å². The average Bonchev–Trinajstić information content (AvgIpc) is 2.25. The summed E-state index contributed by atoms with van der Waals surface area (Å²) in [5, 5.41) is -0.887. The van der Waals surface area contributed by atoms with E-state index in [1.807, 2.05) is 0 Å². The number of hydrogen-bond donors (Lipinski definition) is 0. The topological polar surface area (TPSA) is 52.1 Å². The summed E-state index contributed by atoms with van der Waals surface area (Å²) >= 11 is 11.1. The van der Waals surface area contributed by atoms with Crippen molar-refractivity contribution >= 4 is 29.2 Å². The third-order valence-corrected chi connectivity index (χ3v) is 2.73. The van der Waals surface area contributed by atoms with Crippen molar-refractivity contribution in [3.05, 3.63) is 22.2 Å². The minimum Gasteiger partial charge on any atom is -0.469 e. The van der Waals surface area contributed by atoms with Crippen LogP contribution in [0.1, 0.15) is 17.9 Å². The third-order valence-electron chi connectivity index (χ3n) is 2.13. The molecule has 1 rings (SSSR count). The van der Waals surface area contributed by atoms with Crippen LogP contribution in [0.4, 0.5) is 13.2 Å². The van der Waals surface area contributed by atoms with Crippen LogP contribution in [0.2, 0.25) is 10.3 Å². The molecule has 0 spiro atoms. The molecule has 0 saturated heterocycles. The van der Waals surface area contributed by atoms with E-state index in [-0.39, 0.29) is 0 Å². The monoisotopic (exact) mass is 302 g/mol. The molecule has 4 nitrogen and oxygen atoms in total. The van der Waals surface area contributed by atoms with E-state index in [1.54, 1.807) is 0 Å². The van der Waals surface area contributed by atoms with E-state index >= 15 is 0 Å². The van der Waals surface area contributed by atoms with Crippen LogP contribution < -0.4 is 0 Å². The van der Waals surface area contributed by atoms with Gasteiger partial charge in [0.1, 0.15) is 16.6 Å². The Bertz CT molecular complexity index is 434. The number of rotatable bonds is 3. The fraction of sp³-hybridized carbons (Fsp3) is 0.444. The van der Waals surface area contributed by atoms with Gasteiger partial charge >= 0.3 is 12.1 Å². The average molecular weight is 303 g/mol. The number of nitrogens with zero attached hydrogens (tertiary/aromatic N) is 2. The maximum absolute atomic E-state index is 12.9. The molecule has 0 aliphatic heterocycles. The first-order chi connectivity index (χ1) is 8.27. The van der Waals surface area contributed by atoms with E-state index in [9.17, 15) is 18.0 Å². The highest BCUT2D eigenvalue weighted by Gasteiger charge is 2.45. The molecule has 100 valence electrons. The van der Waals surface area contributed by atoms with Crippen molar-refractivity contribution < 1.29 is 22.7 Å². The van der Waals surface area contributed by atoms with Crippen LogP contribution in [0, 0.1) is 0 Å². The van der Waals surface area contributed by atoms with Gasteiger partial charge in [0.2, 0.25) is 0 Å². The van der Waals surface area contributed by atoms with Crippen LogP contribution in [-0.4, -0.2) is 29.2 Å². The zero-order valence-electron chi connectivity index (χ0n) is 8.96. The van der Waals surface area contributed by atoms with Crippen molar-refractivity contribution in [2.24, 2.45) is 0 Å². The van der Waals surface area contributed by atoms with Gasteiger partial charge in [-0.05, 0) is 0 Å². The Morgan fingerprint density at radius 3 is 2.28 bits per heavy atom. The number of aromatic nitrogens is 2. The summed E-state index contributed by atoms with van der Waals surface area (Å²) in [7, 11) is 0.987. The van der Waals surface area contributed by atoms with E-state index in [2.05, 4.69) is 14.7 Å². The lowest BCUT2D eigenvalue weighted by atomic mass is 9.98. The molecule has 0 aliphatic rings. The van der Waals surface area contributed by atoms with Gasteiger partial charge in [-0.1, -0.05) is 23.2 Å². The van der Waals surface area contributed by atoms with Crippen LogP contribution in [0.15, 0.2) is 6.33 Å². The molecule has 0 N–H and O–H groups in total. The number of halogens is 5. The van der Waals surface area contributed by atoms with Gasteiger partial charge in [0.25, 0.3) is 0 Å². The summed E-state index contributed by atoms with van der Waals surface area (Å²) in [5.74, 6) is -3.24. The molecular formula is C9H7Cl2F3N2O2. The van der Waals surface area contributed by atoms with Crippen LogP contribution in [0.3, 0.4) is 0 Å². The molecular weight excluding hydrogens is 296 g/mol. The molecule has 0 aromatic carbocycles. The van der Waals surface area contributed by atoms with E-state index in [0.717, 1.165) is 13.4 Å². The fourth-order valence-corrected chi connectivity index (χ4v) is 1.85. The summed E-state index contributed by atoms with van der Waals surface area (Å²) in [6.45, 7) is 0. The molecule has 0 amide bonds. The van der Waals surface area contributed by atoms with Gasteiger partial charge in [0, 0.05) is 5.56 Å². The van der Waals surface area contributed by atoms with Crippen LogP contribution >= 0.6 is 23.2 Å². The van der Waals surface area contributed by atoms with Crippen LogP contribution in [0.5, 0.6) is 0 Å². The Morgan fingerprint density at radius 1 is 1.39 bits per heavy atom. The lowest BCUT2D eigenvalue weighted by molar-refractivity contribution is -0.165. The predicted molar refractivity (Wildman–Crippen MR) is 57.5 cm³/mol. The van der Waals surface area contributed by atoms with Gasteiger partial charge in [-0.25, -0.2) is 9.97 Å². The van der Waals surface area contributed by atoms with Crippen molar-refractivity contribution in [3.8, 4) is 0 Å². The number of methoxy groups -OCH3 is 1. The van der Waals surface area contributed by atoms with Gasteiger partial charge in [-0.15, -0.1) is 0 Å². The summed E-state index contributed by atoms with van der Waals surface area (Å²) in [6.07, 6.45) is -4.72. The largest absolute Gasteiger partial charge is 0.469 e. The second kappa shape index (κ2) is 5.71. The first-order valence-electron chi connectivity index (χ1n) is 4.56. The highest BCUT2D eigenvalue weighted by atomic mass is 35.5. The van der Waals surface area contributed by atoms with Gasteiger partial charge in [-0.2, -0.15) is 13.2 Å². The summed E-state index contributed by atoms with van der Waals surface area (Å²) < 4.78 is 42.9. The lowest BCUT2D eigenvalue weighted by Crippen LogP contribution is -2.25. The van der Waals surface area contributed by atoms with Crippen molar-refractivity contribution in [1.29, 1.82) is 0 Å². The number of ether oxygens (including phenoxy) is 1. The molecule has 0 saturated carbocycles. The Balaban J connectivity index is 3.22. The Hall–Kier alpha value is -1.08. The van der Waals surface area contributed by atoms with Crippen LogP contribution in [-0.2, 0) is 9.53 Å². The first kappa shape index (κ1) is 15.0. The molecule has 9 heteroatoms. The van der Waals surface area contributed by atoms with Crippen molar-refractivity contribution in [1.82, 2.24) is 9.97 Å². The quantitative estimate of drug-likeness (QED) is 0.636. The maximum Gasteiger partial charge on any atom is 0.396 e. The molecule has 1 aromatic heterocycles. The molecule has 1 aromatic rings. The second-order valence-electron chi connectivity index (χ2n) is 3.24. The molecule has 1 unspecified atom stereocenters. The summed E-state index contributed by atoms with van der Waals surface area (Å²) in [6, 6.07) is 0. The van der Waals surface area contributed by atoms with Crippen molar-refractivity contribution in [2.75, 3.05) is 7.11 Å². The maximum atomic E-state index is 12.9. The molecule has 0 aliphatic carbocycles. The van der Waals surface area contributed by atoms with E-state index < -0.39 is 40.4 Å². The van der Waals surface area contributed by atoms with E-state index in [4.69, 9.17) is 23.2 Å². The normalized spacial score (nSPS) is 13.2. The minimum absolute atomic E-state index is 0.443. The van der Waals surface area contributed by atoms with Gasteiger partial charge < -0.3 is 4.74 Å². The number of carbonyl (C=O) groups excluding carboxylic acids is 1. The van der Waals surface area contributed by atoms with E-state index in [0.29, 0.717) is 0 Å². The Morgan fingerprint density at radius 2 is 1.89 bits per heavy atom. The summed E-state index contributed by atoms with van der Waals surface area (Å²) in [4.78, 5) is 17.9. The van der Waals surface area contributed by atoms with E-state index in [1.165, 1.54) is 0 Å². The predicted octanol–water partition coefficient (Wildman–Crippen LogP) is 2.99. The highest BCUT2D eigenvalue weighted by Crippen LogP contribution is 2.42. The fourth-order valence-electron chi connectivity index (χ4n) is 1.27. The zero-order chi connectivity index (χ0) is 13.9. The SMILES string of the molecule is COC(=O)CC(c1c(Cl)ncnc1Cl)C(F)(F)F. The first-order valence-corrected chi connectivity index (χ1v) is 5.32. The number of hydrogen-bond acceptors (Lipinski definition) is 4. The Kier molecular flexibility index (Phi) is 4.75. The lowest BCUT2D eigenvalue weighted by Gasteiger charge is -2.20. The standard InChI is InChI=1S/C9H7Cl2F3N2O2/c1-18-5(17)2-4(9(12,13)14)6-7(10)15-3-16-8(6)11/h3-4H,2H2,1H3. The van der Waals surface area contributed by atoms with Gasteiger partial charge in [0.15, 0.2) is 0 Å². The molecule has 0 bridgehead atoms. The molecule has 18 heavy (non-hydrogen) atoms. The zero-order valence-corrected chi connectivity index (χ0v) is 10.5. The van der Waals surface area contributed by atoms with Crippen LogP contribution in [0.25, 0.3) is 0 Å². The summed E-state index contributed by atoms with van der Waals surface area (Å²) in [5.41, 5.74) is -0.529. The number of alkyl halides is 3. The minimum atomic E-state index is -4.72. The molecule has 1 atom stereocenters. The molecule has 0 fully saturated rings. The van der Waals surface area contributed by atoms with Crippen molar-refractivity contribution in [2.45, 2.75) is 18.5 Å². The number of esters is 1.